The average Bonchev–Trinajstić information content (AvgIpc) is 2.68. The third-order valence-corrected chi connectivity index (χ3v) is 6.34. The van der Waals surface area contributed by atoms with Crippen LogP contribution in [-0.4, -0.2) is 38.1 Å². The maximum Gasteiger partial charge on any atom is 0.296 e. The van der Waals surface area contributed by atoms with E-state index in [2.05, 4.69) is 6.92 Å². The molecule has 0 saturated carbocycles. The Bertz CT molecular complexity index is 546. The first-order chi connectivity index (χ1) is 13.2. The molecular weight excluding hydrogens is 381 g/mol. The Morgan fingerprint density at radius 2 is 1.04 bits per heavy atom. The van der Waals surface area contributed by atoms with Gasteiger partial charge in [-0.2, -0.15) is 8.42 Å². The summed E-state index contributed by atoms with van der Waals surface area (Å²) in [5.74, 6) is 0. The lowest BCUT2D eigenvalue weighted by Crippen LogP contribution is -2.07. The molecule has 0 amide bonds. The zero-order valence-corrected chi connectivity index (χ0v) is 20.3. The summed E-state index contributed by atoms with van der Waals surface area (Å²) in [5.41, 5.74) is 0. The van der Waals surface area contributed by atoms with Gasteiger partial charge in [-0.1, -0.05) is 115 Å². The zero-order chi connectivity index (χ0) is 19.6. The van der Waals surface area contributed by atoms with E-state index in [1.54, 1.807) is 30.3 Å². The highest BCUT2D eigenvalue weighted by Gasteiger charge is 2.13. The van der Waals surface area contributed by atoms with E-state index in [9.17, 15) is 8.42 Å². The molecule has 0 spiro atoms. The van der Waals surface area contributed by atoms with E-state index in [1.165, 1.54) is 83.5 Å². The summed E-state index contributed by atoms with van der Waals surface area (Å²) in [4.78, 5) is 0.242. The molecule has 2 radical (unpaired) electrons. The monoisotopic (exact) mass is 420 g/mol. The second-order valence-electron chi connectivity index (χ2n) is 7.54. The van der Waals surface area contributed by atoms with Crippen LogP contribution in [0.1, 0.15) is 103 Å². The Kier molecular flexibility index (Phi) is 18.8. The summed E-state index contributed by atoms with van der Waals surface area (Å²) >= 11 is 0. The summed E-state index contributed by atoms with van der Waals surface area (Å²) in [6.07, 6.45) is 19.5. The van der Waals surface area contributed by atoms with Crippen molar-refractivity contribution in [2.75, 3.05) is 6.61 Å². The number of hydrogen-bond acceptors (Lipinski definition) is 3. The molecule has 158 valence electrons. The van der Waals surface area contributed by atoms with Gasteiger partial charge in [-0.3, -0.25) is 4.18 Å². The van der Waals surface area contributed by atoms with Gasteiger partial charge in [0, 0.05) is 23.1 Å². The van der Waals surface area contributed by atoms with Crippen molar-refractivity contribution in [3.8, 4) is 0 Å². The molecule has 0 N–H and O–H groups in total. The van der Waals surface area contributed by atoms with Crippen LogP contribution in [0.5, 0.6) is 0 Å². The first-order valence-corrected chi connectivity index (χ1v) is 12.5. The van der Waals surface area contributed by atoms with E-state index in [0.717, 1.165) is 12.8 Å². The van der Waals surface area contributed by atoms with Gasteiger partial charge in [0.05, 0.1) is 11.5 Å². The summed E-state index contributed by atoms with van der Waals surface area (Å²) in [6.45, 7) is 2.56. The molecule has 3 nitrogen and oxygen atoms in total. The van der Waals surface area contributed by atoms with Crippen LogP contribution in [0.2, 0.25) is 0 Å². The van der Waals surface area contributed by atoms with Crippen molar-refractivity contribution in [1.29, 1.82) is 0 Å². The van der Waals surface area contributed by atoms with Crippen LogP contribution in [0.25, 0.3) is 0 Å². The highest BCUT2D eigenvalue weighted by atomic mass is 32.2. The molecule has 1 rings (SSSR count). The van der Waals surface area contributed by atoms with Crippen LogP contribution in [0.4, 0.5) is 0 Å². The first kappa shape index (κ1) is 27.9. The van der Waals surface area contributed by atoms with Crippen LogP contribution in [-0.2, 0) is 14.3 Å². The van der Waals surface area contributed by atoms with E-state index in [1.807, 2.05) is 0 Å². The third kappa shape index (κ3) is 14.8. The standard InChI is InChI=1S/C23H40O3S.Mg/c1-2-3-4-5-6-7-8-9-10-11-12-13-14-15-19-22-26-27(24,25)23-20-17-16-18-21-23;/h16-18,20-21H,2-15,19,22H2,1H3;. The Morgan fingerprint density at radius 3 is 1.46 bits per heavy atom. The lowest BCUT2D eigenvalue weighted by molar-refractivity contribution is 0.306. The second kappa shape index (κ2) is 18.9. The van der Waals surface area contributed by atoms with Gasteiger partial charge in [-0.25, -0.2) is 0 Å². The summed E-state index contributed by atoms with van der Waals surface area (Å²) in [7, 11) is -3.58. The average molecular weight is 421 g/mol. The number of unbranched alkanes of at least 4 members (excludes halogenated alkanes) is 14. The summed E-state index contributed by atoms with van der Waals surface area (Å²) in [5, 5.41) is 0. The second-order valence-corrected chi connectivity index (χ2v) is 9.15. The molecule has 0 saturated heterocycles. The molecule has 0 aromatic heterocycles. The quantitative estimate of drug-likeness (QED) is 0.148. The van der Waals surface area contributed by atoms with Gasteiger partial charge in [0.2, 0.25) is 0 Å². The van der Waals surface area contributed by atoms with Crippen LogP contribution in [0.3, 0.4) is 0 Å². The molecule has 0 atom stereocenters. The third-order valence-electron chi connectivity index (χ3n) is 5.02. The molecule has 5 heteroatoms. The van der Waals surface area contributed by atoms with Gasteiger partial charge in [0.1, 0.15) is 0 Å². The van der Waals surface area contributed by atoms with Gasteiger partial charge in [-0.15, -0.1) is 0 Å². The number of hydrogen-bond donors (Lipinski definition) is 0. The minimum atomic E-state index is -3.58. The van der Waals surface area contributed by atoms with Crippen molar-refractivity contribution in [2.45, 2.75) is 108 Å². The van der Waals surface area contributed by atoms with Gasteiger partial charge >= 0.3 is 0 Å². The molecule has 1 aromatic rings. The molecule has 1 aromatic carbocycles. The molecular formula is C23H40MgO3S. The fourth-order valence-corrected chi connectivity index (χ4v) is 4.26. The van der Waals surface area contributed by atoms with Crippen molar-refractivity contribution >= 4 is 33.2 Å². The van der Waals surface area contributed by atoms with E-state index in [0.29, 0.717) is 0 Å². The van der Waals surface area contributed by atoms with Gasteiger partial charge in [0.25, 0.3) is 10.1 Å². The van der Waals surface area contributed by atoms with Gasteiger partial charge < -0.3 is 0 Å². The fourth-order valence-electron chi connectivity index (χ4n) is 3.30. The van der Waals surface area contributed by atoms with Gasteiger partial charge in [0.15, 0.2) is 0 Å². The molecule has 0 fully saturated rings. The van der Waals surface area contributed by atoms with E-state index < -0.39 is 10.1 Å². The van der Waals surface area contributed by atoms with Gasteiger partial charge in [-0.05, 0) is 18.6 Å². The zero-order valence-electron chi connectivity index (χ0n) is 18.0. The van der Waals surface area contributed by atoms with Crippen molar-refractivity contribution < 1.29 is 12.6 Å². The highest BCUT2D eigenvalue weighted by Crippen LogP contribution is 2.15. The summed E-state index contributed by atoms with van der Waals surface area (Å²) < 4.78 is 29.0. The van der Waals surface area contributed by atoms with Crippen molar-refractivity contribution in [1.82, 2.24) is 0 Å². The molecule has 0 heterocycles. The van der Waals surface area contributed by atoms with Crippen LogP contribution in [0, 0.1) is 0 Å². The molecule has 0 unspecified atom stereocenters. The van der Waals surface area contributed by atoms with Crippen LogP contribution in [0.15, 0.2) is 35.2 Å². The molecule has 0 aliphatic heterocycles. The summed E-state index contributed by atoms with van der Waals surface area (Å²) in [6, 6.07) is 8.37. The maximum atomic E-state index is 12.0. The predicted molar refractivity (Wildman–Crippen MR) is 120 cm³/mol. The normalized spacial score (nSPS) is 11.3. The van der Waals surface area contributed by atoms with Crippen molar-refractivity contribution in [3.05, 3.63) is 30.3 Å². The molecule has 28 heavy (non-hydrogen) atoms. The van der Waals surface area contributed by atoms with E-state index in [-0.39, 0.29) is 34.6 Å². The van der Waals surface area contributed by atoms with Crippen LogP contribution < -0.4 is 0 Å². The molecule has 0 aliphatic rings. The van der Waals surface area contributed by atoms with Crippen molar-refractivity contribution in [3.63, 3.8) is 0 Å². The first-order valence-electron chi connectivity index (χ1n) is 11.1. The Labute approximate surface area is 190 Å². The fraction of sp³-hybridized carbons (Fsp3) is 0.739. The highest BCUT2D eigenvalue weighted by molar-refractivity contribution is 7.86. The predicted octanol–water partition coefficient (Wildman–Crippen LogP) is 6.88. The number of rotatable bonds is 18. The van der Waals surface area contributed by atoms with E-state index >= 15 is 0 Å². The SMILES string of the molecule is CCCCCCCCCCCCCCCCCOS(=O)(=O)c1ccccc1.[Mg]. The van der Waals surface area contributed by atoms with E-state index in [4.69, 9.17) is 4.18 Å². The minimum absolute atomic E-state index is 0. The lowest BCUT2D eigenvalue weighted by Gasteiger charge is -2.06. The molecule has 0 aliphatic carbocycles. The Balaban J connectivity index is 0.00000729. The largest absolute Gasteiger partial charge is 0.296 e. The number of benzene rings is 1. The lowest BCUT2D eigenvalue weighted by atomic mass is 10.0. The Morgan fingerprint density at radius 1 is 0.643 bits per heavy atom. The smallest absolute Gasteiger partial charge is 0.266 e. The van der Waals surface area contributed by atoms with Crippen molar-refractivity contribution in [2.24, 2.45) is 0 Å². The maximum absolute atomic E-state index is 12.0. The van der Waals surface area contributed by atoms with Crippen LogP contribution >= 0.6 is 0 Å². The Hall–Kier alpha value is -0.104. The molecule has 0 bridgehead atoms. The topological polar surface area (TPSA) is 43.4 Å². The minimum Gasteiger partial charge on any atom is -0.266 e.